The molecule has 1 heterocycles. The van der Waals surface area contributed by atoms with Gasteiger partial charge in [0.1, 0.15) is 30.5 Å². The number of rotatable bonds is 5. The fraction of sp³-hybridized carbons (Fsp3) is 0.889. The molecule has 1 saturated heterocycles. The van der Waals surface area contributed by atoms with Gasteiger partial charge in [-0.05, 0) is 0 Å². The summed E-state index contributed by atoms with van der Waals surface area (Å²) in [4.78, 5) is 10.9. The van der Waals surface area contributed by atoms with E-state index in [0.29, 0.717) is 0 Å². The summed E-state index contributed by atoms with van der Waals surface area (Å²) in [5.41, 5.74) is 0. The van der Waals surface area contributed by atoms with Crippen LogP contribution in [0.2, 0.25) is 0 Å². The molecule has 106 valence electrons. The summed E-state index contributed by atoms with van der Waals surface area (Å²) < 4.78 is 4.43. The van der Waals surface area contributed by atoms with Gasteiger partial charge in [-0.1, -0.05) is 0 Å². The lowest BCUT2D eigenvalue weighted by Gasteiger charge is -2.29. The number of aliphatic hydroxyl groups excluding tert-OH is 7. The first kappa shape index (κ1) is 15.2. The summed E-state index contributed by atoms with van der Waals surface area (Å²) in [5, 5.41) is 64.5. The molecule has 0 radical (unpaired) electrons. The Hall–Kier alpha value is -0.810. The van der Waals surface area contributed by atoms with Gasteiger partial charge in [0.15, 0.2) is 12.2 Å². The highest BCUT2D eigenvalue weighted by Gasteiger charge is 2.49. The maximum Gasteiger partial charge on any atom is 0.338 e. The molecule has 7 N–H and O–H groups in total. The van der Waals surface area contributed by atoms with Crippen LogP contribution in [0.25, 0.3) is 0 Å². The van der Waals surface area contributed by atoms with Crippen molar-refractivity contribution in [2.24, 2.45) is 0 Å². The summed E-state index contributed by atoms with van der Waals surface area (Å²) in [6.45, 7) is -0.861. The fourth-order valence-corrected chi connectivity index (χ4v) is 1.60. The van der Waals surface area contributed by atoms with E-state index in [-0.39, 0.29) is 0 Å². The van der Waals surface area contributed by atoms with Crippen molar-refractivity contribution in [3.05, 3.63) is 0 Å². The Labute approximate surface area is 101 Å². The van der Waals surface area contributed by atoms with Gasteiger partial charge in [0.05, 0.1) is 6.61 Å². The van der Waals surface area contributed by atoms with Crippen molar-refractivity contribution < 1.29 is 45.3 Å². The van der Waals surface area contributed by atoms with E-state index in [1.54, 1.807) is 0 Å². The van der Waals surface area contributed by atoms with E-state index < -0.39 is 55.3 Å². The van der Waals surface area contributed by atoms with Gasteiger partial charge in [0, 0.05) is 0 Å². The lowest BCUT2D eigenvalue weighted by atomic mass is 9.96. The molecule has 0 aliphatic carbocycles. The normalized spacial score (nSPS) is 34.8. The van der Waals surface area contributed by atoms with E-state index in [4.69, 9.17) is 15.3 Å². The highest BCUT2D eigenvalue weighted by Crippen LogP contribution is 2.22. The maximum absolute atomic E-state index is 10.9. The zero-order chi connectivity index (χ0) is 14.0. The number of cyclic esters (lactones) is 1. The lowest BCUT2D eigenvalue weighted by molar-refractivity contribution is -0.166. The number of hydrogen-bond acceptors (Lipinski definition) is 9. The predicted octanol–water partition coefficient (Wildman–Crippen LogP) is -4.93. The Kier molecular flexibility index (Phi) is 4.99. The van der Waals surface area contributed by atoms with Crippen molar-refractivity contribution in [2.45, 2.75) is 42.7 Å². The van der Waals surface area contributed by atoms with Crippen molar-refractivity contribution >= 4 is 5.97 Å². The van der Waals surface area contributed by atoms with Crippen LogP contribution in [0.5, 0.6) is 0 Å². The zero-order valence-electron chi connectivity index (χ0n) is 9.20. The molecule has 0 spiro atoms. The summed E-state index contributed by atoms with van der Waals surface area (Å²) in [7, 11) is 0. The quantitative estimate of drug-likeness (QED) is 0.241. The minimum absolute atomic E-state index is 0.861. The second-order valence-corrected chi connectivity index (χ2v) is 4.06. The Morgan fingerprint density at radius 1 is 1.11 bits per heavy atom. The van der Waals surface area contributed by atoms with Gasteiger partial charge in [-0.25, -0.2) is 4.79 Å². The van der Waals surface area contributed by atoms with Crippen LogP contribution >= 0.6 is 0 Å². The number of ether oxygens (including phenoxy) is 1. The molecular formula is C9H16O9. The molecule has 1 rings (SSSR count). The first-order chi connectivity index (χ1) is 8.31. The topological polar surface area (TPSA) is 168 Å². The molecule has 1 aliphatic rings. The third-order valence-corrected chi connectivity index (χ3v) is 2.77. The van der Waals surface area contributed by atoms with E-state index in [1.807, 2.05) is 0 Å². The average Bonchev–Trinajstić information content (AvgIpc) is 2.62. The van der Waals surface area contributed by atoms with Gasteiger partial charge in [-0.3, -0.25) is 0 Å². The van der Waals surface area contributed by atoms with Crippen molar-refractivity contribution in [3.63, 3.8) is 0 Å². The van der Waals surface area contributed by atoms with Crippen LogP contribution in [0.1, 0.15) is 0 Å². The zero-order valence-corrected chi connectivity index (χ0v) is 9.20. The van der Waals surface area contributed by atoms with Gasteiger partial charge in [0.2, 0.25) is 0 Å². The molecule has 0 aromatic carbocycles. The standard InChI is InChI=1S/C9H16O9/c10-1-2(11)3(12)4(13)5(14)8-6(15)7(16)9(17)18-8/h2-8,10-16H,1H2/t2-,3-,4+,5+,6+,7+,8-/m1/s1. The van der Waals surface area contributed by atoms with Crippen LogP contribution in [0, 0.1) is 0 Å². The highest BCUT2D eigenvalue weighted by molar-refractivity contribution is 5.77. The van der Waals surface area contributed by atoms with Gasteiger partial charge in [0.25, 0.3) is 0 Å². The molecule has 0 bridgehead atoms. The van der Waals surface area contributed by atoms with Crippen LogP contribution in [0.15, 0.2) is 0 Å². The van der Waals surface area contributed by atoms with Gasteiger partial charge in [-0.2, -0.15) is 0 Å². The molecule has 0 unspecified atom stereocenters. The van der Waals surface area contributed by atoms with E-state index in [9.17, 15) is 25.2 Å². The first-order valence-corrected chi connectivity index (χ1v) is 5.21. The third-order valence-electron chi connectivity index (χ3n) is 2.77. The number of aliphatic hydroxyl groups is 7. The van der Waals surface area contributed by atoms with Crippen molar-refractivity contribution in [3.8, 4) is 0 Å². The van der Waals surface area contributed by atoms with Crippen LogP contribution in [0.3, 0.4) is 0 Å². The lowest BCUT2D eigenvalue weighted by Crippen LogP contribution is -2.52. The number of hydrogen-bond donors (Lipinski definition) is 7. The number of carbonyl (C=O) groups is 1. The minimum atomic E-state index is -1.98. The Bertz CT molecular complexity index is 296. The molecule has 0 saturated carbocycles. The van der Waals surface area contributed by atoms with Gasteiger partial charge >= 0.3 is 5.97 Å². The SMILES string of the molecule is O=C1O[C@H]([C@@H](O)[C@@H](O)[C@H](O)[C@H](O)CO)[C@@H](O)[C@@H]1O. The Balaban J connectivity index is 2.70. The highest BCUT2D eigenvalue weighted by atomic mass is 16.6. The molecule has 7 atom stereocenters. The smallest absolute Gasteiger partial charge is 0.338 e. The largest absolute Gasteiger partial charge is 0.455 e. The second-order valence-electron chi connectivity index (χ2n) is 4.06. The van der Waals surface area contributed by atoms with Crippen molar-refractivity contribution in [1.29, 1.82) is 0 Å². The average molecular weight is 268 g/mol. The molecule has 9 nitrogen and oxygen atoms in total. The van der Waals surface area contributed by atoms with Crippen molar-refractivity contribution in [2.75, 3.05) is 6.61 Å². The Morgan fingerprint density at radius 3 is 2.06 bits per heavy atom. The monoisotopic (exact) mass is 268 g/mol. The molecule has 18 heavy (non-hydrogen) atoms. The maximum atomic E-state index is 10.9. The minimum Gasteiger partial charge on any atom is -0.455 e. The fourth-order valence-electron chi connectivity index (χ4n) is 1.60. The molecule has 0 aromatic rings. The van der Waals surface area contributed by atoms with Crippen LogP contribution in [0.4, 0.5) is 0 Å². The summed E-state index contributed by atoms with van der Waals surface area (Å²) in [5.74, 6) is -1.17. The second kappa shape index (κ2) is 5.89. The molecule has 0 aromatic heterocycles. The number of carbonyl (C=O) groups excluding carboxylic acids is 1. The van der Waals surface area contributed by atoms with Crippen LogP contribution < -0.4 is 0 Å². The van der Waals surface area contributed by atoms with Gasteiger partial charge < -0.3 is 40.5 Å². The third kappa shape index (κ3) is 2.78. The van der Waals surface area contributed by atoms with Crippen LogP contribution in [-0.2, 0) is 9.53 Å². The molecule has 0 amide bonds. The van der Waals surface area contributed by atoms with Crippen molar-refractivity contribution in [1.82, 2.24) is 0 Å². The first-order valence-electron chi connectivity index (χ1n) is 5.21. The molecule has 9 heteroatoms. The van der Waals surface area contributed by atoms with E-state index in [0.717, 1.165) is 0 Å². The predicted molar refractivity (Wildman–Crippen MR) is 53.0 cm³/mol. The van der Waals surface area contributed by atoms with E-state index in [2.05, 4.69) is 4.74 Å². The summed E-state index contributed by atoms with van der Waals surface area (Å²) in [6, 6.07) is 0. The summed E-state index contributed by atoms with van der Waals surface area (Å²) >= 11 is 0. The van der Waals surface area contributed by atoms with E-state index >= 15 is 0 Å². The van der Waals surface area contributed by atoms with E-state index in [1.165, 1.54) is 0 Å². The Morgan fingerprint density at radius 2 is 1.67 bits per heavy atom. The summed E-state index contributed by atoms with van der Waals surface area (Å²) in [6.07, 6.45) is -12.8. The van der Waals surface area contributed by atoms with Crippen LogP contribution in [-0.4, -0.2) is 91.0 Å². The molecule has 1 fully saturated rings. The van der Waals surface area contributed by atoms with Gasteiger partial charge in [-0.15, -0.1) is 0 Å². The molecule has 1 aliphatic heterocycles. The molecular weight excluding hydrogens is 252 g/mol. The number of esters is 1.